The van der Waals surface area contributed by atoms with Crippen molar-refractivity contribution >= 4 is 17.8 Å². The van der Waals surface area contributed by atoms with Crippen LogP contribution in [0.2, 0.25) is 0 Å². The standard InChI is InChI=1S/C19H27N3O5/c1-12(21-15(18(24)25)8-4-5-9-20)17(23)22-11-14-7-3-2-6-13(14)10-16(22)19(26)27/h2-3,6-7,12,15-16,21H,4-5,8-11,20H2,1H3,(H,24,25)(H,26,27)/t12-,15?,16-/m0/s1. The molecule has 1 aliphatic rings. The van der Waals surface area contributed by atoms with Crippen LogP contribution in [0.15, 0.2) is 24.3 Å². The number of carboxylic acid groups (broad SMARTS) is 2. The molecule has 0 aromatic heterocycles. The summed E-state index contributed by atoms with van der Waals surface area (Å²) in [6, 6.07) is 4.79. The number of nitrogens with zero attached hydrogens (tertiary/aromatic N) is 1. The molecule has 2 rings (SSSR count). The molecule has 0 saturated heterocycles. The lowest BCUT2D eigenvalue weighted by molar-refractivity contribution is -0.152. The van der Waals surface area contributed by atoms with Gasteiger partial charge in [-0.3, -0.25) is 14.9 Å². The van der Waals surface area contributed by atoms with Gasteiger partial charge in [-0.25, -0.2) is 4.79 Å². The Bertz CT molecular complexity index is 694. The van der Waals surface area contributed by atoms with Crippen LogP contribution < -0.4 is 11.1 Å². The van der Waals surface area contributed by atoms with E-state index in [1.165, 1.54) is 4.90 Å². The molecule has 1 aliphatic heterocycles. The van der Waals surface area contributed by atoms with Gasteiger partial charge < -0.3 is 20.8 Å². The van der Waals surface area contributed by atoms with Crippen molar-refractivity contribution in [1.29, 1.82) is 0 Å². The van der Waals surface area contributed by atoms with Crippen LogP contribution in [0.3, 0.4) is 0 Å². The van der Waals surface area contributed by atoms with Crippen molar-refractivity contribution in [3.05, 3.63) is 35.4 Å². The fourth-order valence-corrected chi connectivity index (χ4v) is 3.37. The number of aliphatic carboxylic acids is 2. The average molecular weight is 377 g/mol. The third kappa shape index (κ3) is 5.27. The number of rotatable bonds is 9. The molecule has 0 aliphatic carbocycles. The van der Waals surface area contributed by atoms with E-state index in [4.69, 9.17) is 5.73 Å². The van der Waals surface area contributed by atoms with E-state index in [0.717, 1.165) is 11.1 Å². The second kappa shape index (κ2) is 9.48. The minimum absolute atomic E-state index is 0.197. The summed E-state index contributed by atoms with van der Waals surface area (Å²) >= 11 is 0. The van der Waals surface area contributed by atoms with E-state index in [0.29, 0.717) is 25.8 Å². The molecule has 8 heteroatoms. The van der Waals surface area contributed by atoms with E-state index >= 15 is 0 Å². The Balaban J connectivity index is 2.11. The maximum absolute atomic E-state index is 12.9. The van der Waals surface area contributed by atoms with Gasteiger partial charge in [0.25, 0.3) is 0 Å². The second-order valence-corrected chi connectivity index (χ2v) is 6.86. The van der Waals surface area contributed by atoms with Crippen molar-refractivity contribution < 1.29 is 24.6 Å². The van der Waals surface area contributed by atoms with Crippen molar-refractivity contribution in [1.82, 2.24) is 10.2 Å². The predicted octanol–water partition coefficient (Wildman–Crippen LogP) is 0.585. The Hall–Kier alpha value is -2.45. The molecular weight excluding hydrogens is 350 g/mol. The van der Waals surface area contributed by atoms with Crippen LogP contribution in [0, 0.1) is 0 Å². The highest BCUT2D eigenvalue weighted by Crippen LogP contribution is 2.24. The summed E-state index contributed by atoms with van der Waals surface area (Å²) in [6.07, 6.45) is 1.94. The Morgan fingerprint density at radius 2 is 1.89 bits per heavy atom. The molecule has 3 atom stereocenters. The van der Waals surface area contributed by atoms with Crippen molar-refractivity contribution in [2.45, 2.75) is 57.3 Å². The summed E-state index contributed by atoms with van der Waals surface area (Å²) in [5.74, 6) is -2.52. The number of fused-ring (bicyclic) bond motifs is 1. The SMILES string of the molecule is C[C@H](NC(CCCCN)C(=O)O)C(=O)N1Cc2ccccc2C[C@H]1C(=O)O. The Morgan fingerprint density at radius 1 is 1.22 bits per heavy atom. The monoisotopic (exact) mass is 377 g/mol. The van der Waals surface area contributed by atoms with Crippen molar-refractivity contribution in [2.24, 2.45) is 5.73 Å². The number of carboxylic acids is 2. The molecule has 0 saturated carbocycles. The minimum Gasteiger partial charge on any atom is -0.480 e. The van der Waals surface area contributed by atoms with Gasteiger partial charge in [-0.2, -0.15) is 0 Å². The number of unbranched alkanes of at least 4 members (excludes halogenated alkanes) is 1. The summed E-state index contributed by atoms with van der Waals surface area (Å²) in [6.45, 7) is 2.25. The maximum Gasteiger partial charge on any atom is 0.326 e. The van der Waals surface area contributed by atoms with E-state index in [1.807, 2.05) is 24.3 Å². The summed E-state index contributed by atoms with van der Waals surface area (Å²) in [5, 5.41) is 21.8. The lowest BCUT2D eigenvalue weighted by Gasteiger charge is -2.36. The Morgan fingerprint density at radius 3 is 2.48 bits per heavy atom. The van der Waals surface area contributed by atoms with Crippen LogP contribution in [0.5, 0.6) is 0 Å². The zero-order valence-electron chi connectivity index (χ0n) is 15.4. The van der Waals surface area contributed by atoms with Gasteiger partial charge in [0.2, 0.25) is 5.91 Å². The van der Waals surface area contributed by atoms with Gasteiger partial charge in [0, 0.05) is 13.0 Å². The van der Waals surface area contributed by atoms with Crippen molar-refractivity contribution in [3.63, 3.8) is 0 Å². The van der Waals surface area contributed by atoms with E-state index in [-0.39, 0.29) is 13.0 Å². The van der Waals surface area contributed by atoms with Crippen LogP contribution in [0.4, 0.5) is 0 Å². The number of hydrogen-bond donors (Lipinski definition) is 4. The largest absolute Gasteiger partial charge is 0.480 e. The molecule has 5 N–H and O–H groups in total. The molecule has 1 aromatic rings. The first-order chi connectivity index (χ1) is 12.8. The number of amides is 1. The number of nitrogens with two attached hydrogens (primary N) is 1. The number of carbonyl (C=O) groups excluding carboxylic acids is 1. The number of carbonyl (C=O) groups is 3. The lowest BCUT2D eigenvalue weighted by atomic mass is 9.93. The molecule has 1 unspecified atom stereocenters. The zero-order valence-corrected chi connectivity index (χ0v) is 15.4. The molecule has 148 valence electrons. The summed E-state index contributed by atoms with van der Waals surface area (Å²) in [5.41, 5.74) is 7.26. The van der Waals surface area contributed by atoms with Crippen molar-refractivity contribution in [2.75, 3.05) is 6.54 Å². The molecule has 0 radical (unpaired) electrons. The topological polar surface area (TPSA) is 133 Å². The zero-order chi connectivity index (χ0) is 20.0. The second-order valence-electron chi connectivity index (χ2n) is 6.86. The van der Waals surface area contributed by atoms with E-state index in [9.17, 15) is 24.6 Å². The van der Waals surface area contributed by atoms with Gasteiger partial charge in [0.05, 0.1) is 6.04 Å². The van der Waals surface area contributed by atoms with Gasteiger partial charge >= 0.3 is 11.9 Å². The average Bonchev–Trinajstić information content (AvgIpc) is 2.65. The van der Waals surface area contributed by atoms with Gasteiger partial charge in [0.1, 0.15) is 12.1 Å². The predicted molar refractivity (Wildman–Crippen MR) is 99.0 cm³/mol. The van der Waals surface area contributed by atoms with Crippen LogP contribution in [-0.4, -0.2) is 57.6 Å². The first kappa shape index (κ1) is 20.9. The van der Waals surface area contributed by atoms with Gasteiger partial charge in [-0.15, -0.1) is 0 Å². The fraction of sp³-hybridized carbons (Fsp3) is 0.526. The number of benzene rings is 1. The van der Waals surface area contributed by atoms with Crippen LogP contribution in [-0.2, 0) is 27.3 Å². The quantitative estimate of drug-likeness (QED) is 0.463. The van der Waals surface area contributed by atoms with Gasteiger partial charge in [0.15, 0.2) is 0 Å². The third-order valence-electron chi connectivity index (χ3n) is 4.88. The summed E-state index contributed by atoms with van der Waals surface area (Å²) in [4.78, 5) is 37.4. The molecule has 8 nitrogen and oxygen atoms in total. The highest BCUT2D eigenvalue weighted by atomic mass is 16.4. The third-order valence-corrected chi connectivity index (χ3v) is 4.88. The molecule has 27 heavy (non-hydrogen) atoms. The molecule has 0 spiro atoms. The number of hydrogen-bond acceptors (Lipinski definition) is 5. The highest BCUT2D eigenvalue weighted by molar-refractivity contribution is 5.88. The normalized spacial score (nSPS) is 18.4. The molecule has 1 heterocycles. The first-order valence-corrected chi connectivity index (χ1v) is 9.14. The molecule has 1 amide bonds. The molecular formula is C19H27N3O5. The van der Waals surface area contributed by atoms with Gasteiger partial charge in [-0.05, 0) is 37.4 Å². The molecule has 0 fully saturated rings. The Labute approximate surface area is 158 Å². The summed E-state index contributed by atoms with van der Waals surface area (Å²) < 4.78 is 0. The molecule has 0 bridgehead atoms. The van der Waals surface area contributed by atoms with E-state index in [1.54, 1.807) is 6.92 Å². The smallest absolute Gasteiger partial charge is 0.326 e. The summed E-state index contributed by atoms with van der Waals surface area (Å²) in [7, 11) is 0. The van der Waals surface area contributed by atoms with E-state index in [2.05, 4.69) is 5.32 Å². The number of nitrogens with one attached hydrogen (secondary N) is 1. The van der Waals surface area contributed by atoms with Crippen LogP contribution in [0.25, 0.3) is 0 Å². The highest BCUT2D eigenvalue weighted by Gasteiger charge is 2.37. The lowest BCUT2D eigenvalue weighted by Crippen LogP contribution is -2.56. The fourth-order valence-electron chi connectivity index (χ4n) is 3.37. The molecule has 1 aromatic carbocycles. The van der Waals surface area contributed by atoms with Crippen LogP contribution >= 0.6 is 0 Å². The van der Waals surface area contributed by atoms with Crippen molar-refractivity contribution in [3.8, 4) is 0 Å². The Kier molecular flexibility index (Phi) is 7.32. The minimum atomic E-state index is -1.07. The van der Waals surface area contributed by atoms with Crippen LogP contribution in [0.1, 0.15) is 37.3 Å². The van der Waals surface area contributed by atoms with E-state index < -0.39 is 36.0 Å². The maximum atomic E-state index is 12.9. The first-order valence-electron chi connectivity index (χ1n) is 9.14. The van der Waals surface area contributed by atoms with Gasteiger partial charge in [-0.1, -0.05) is 30.7 Å².